The summed E-state index contributed by atoms with van der Waals surface area (Å²) in [6, 6.07) is 1.95. The van der Waals surface area contributed by atoms with Crippen molar-refractivity contribution in [3.63, 3.8) is 0 Å². The Balaban J connectivity index is 1.41. The zero-order chi connectivity index (χ0) is 23.0. The van der Waals surface area contributed by atoms with E-state index in [1.807, 2.05) is 26.2 Å². The maximum atomic E-state index is 13.7. The maximum Gasteiger partial charge on any atom is 0.248 e. The predicted octanol–water partition coefficient (Wildman–Crippen LogP) is 4.23. The van der Waals surface area contributed by atoms with Gasteiger partial charge >= 0.3 is 0 Å². The molecule has 1 aliphatic carbocycles. The van der Waals surface area contributed by atoms with Crippen molar-refractivity contribution in [1.82, 2.24) is 14.8 Å². The van der Waals surface area contributed by atoms with E-state index in [2.05, 4.69) is 39.5 Å². The van der Waals surface area contributed by atoms with Crippen LogP contribution in [0.4, 0.5) is 26.0 Å². The third-order valence-electron chi connectivity index (χ3n) is 6.65. The average Bonchev–Trinajstić information content (AvgIpc) is 3.13. The minimum atomic E-state index is -2.54. The van der Waals surface area contributed by atoms with Crippen molar-refractivity contribution in [2.24, 2.45) is 11.8 Å². The predicted molar refractivity (Wildman–Crippen MR) is 122 cm³/mol. The number of aromatic nitrogens is 3. The van der Waals surface area contributed by atoms with Crippen molar-refractivity contribution >= 4 is 17.2 Å². The number of fused-ring (bicyclic) bond motifs is 1. The Labute approximate surface area is 188 Å². The number of hydrogen-bond acceptors (Lipinski definition) is 6. The number of aliphatic hydroxyl groups is 1. The molecule has 1 saturated carbocycles. The van der Waals surface area contributed by atoms with E-state index in [1.54, 1.807) is 10.9 Å². The van der Waals surface area contributed by atoms with Crippen molar-refractivity contribution in [3.8, 4) is 0 Å². The third kappa shape index (κ3) is 4.82. The molecule has 9 heteroatoms. The molecule has 3 N–H and O–H groups in total. The minimum absolute atomic E-state index is 0.00650. The summed E-state index contributed by atoms with van der Waals surface area (Å²) in [6.07, 6.45) is 4.41. The smallest absolute Gasteiger partial charge is 0.248 e. The molecular weight excluding hydrogens is 414 g/mol. The summed E-state index contributed by atoms with van der Waals surface area (Å²) in [6.45, 7) is 7.18. The second kappa shape index (κ2) is 8.84. The monoisotopic (exact) mass is 448 g/mol. The Morgan fingerprint density at radius 1 is 1.38 bits per heavy atom. The molecule has 0 spiro atoms. The number of nitrogens with one attached hydrogen (secondary N) is 2. The third-order valence-corrected chi connectivity index (χ3v) is 6.65. The van der Waals surface area contributed by atoms with Gasteiger partial charge in [-0.05, 0) is 31.6 Å². The molecule has 4 rings (SSSR count). The summed E-state index contributed by atoms with van der Waals surface area (Å²) in [5.74, 6) is -1.55. The van der Waals surface area contributed by atoms with Gasteiger partial charge in [0.15, 0.2) is 0 Å². The van der Waals surface area contributed by atoms with Gasteiger partial charge in [-0.2, -0.15) is 5.10 Å². The van der Waals surface area contributed by atoms with Crippen molar-refractivity contribution in [2.45, 2.75) is 77.7 Å². The molecule has 32 heavy (non-hydrogen) atoms. The van der Waals surface area contributed by atoms with Crippen molar-refractivity contribution in [3.05, 3.63) is 29.7 Å². The second-order valence-electron chi connectivity index (χ2n) is 9.66. The first-order valence-electron chi connectivity index (χ1n) is 11.4. The van der Waals surface area contributed by atoms with Gasteiger partial charge in [0.1, 0.15) is 12.0 Å². The molecule has 3 heterocycles. The molecule has 0 amide bonds. The first-order chi connectivity index (χ1) is 15.1. The summed E-state index contributed by atoms with van der Waals surface area (Å²) in [5, 5.41) is 21.4. The molecule has 176 valence electrons. The van der Waals surface area contributed by atoms with E-state index in [1.165, 1.54) is 0 Å². The first-order valence-corrected chi connectivity index (χ1v) is 11.4. The average molecular weight is 449 g/mol. The molecule has 2 aromatic rings. The van der Waals surface area contributed by atoms with Crippen molar-refractivity contribution < 1.29 is 13.9 Å². The van der Waals surface area contributed by atoms with Gasteiger partial charge in [-0.15, -0.1) is 0 Å². The quantitative estimate of drug-likeness (QED) is 0.614. The number of pyridine rings is 1. The largest absolute Gasteiger partial charge is 0.372 e. The van der Waals surface area contributed by atoms with Crippen LogP contribution in [0.2, 0.25) is 0 Å². The summed E-state index contributed by atoms with van der Waals surface area (Å²) in [7, 11) is 2.00. The van der Waals surface area contributed by atoms with E-state index in [4.69, 9.17) is 0 Å². The van der Waals surface area contributed by atoms with Gasteiger partial charge in [-0.25, -0.2) is 13.8 Å². The molecule has 3 atom stereocenters. The molecule has 0 bridgehead atoms. The van der Waals surface area contributed by atoms with Gasteiger partial charge in [-0.1, -0.05) is 13.8 Å². The SMILES string of the molecule is Cc1nc(NCc2cnn(CC3CCCC(F)(F)C3)c2)cc2c1NC(O)C(C(C)C)N2C. The fraction of sp³-hybridized carbons (Fsp3) is 0.652. The fourth-order valence-corrected chi connectivity index (χ4v) is 5.11. The van der Waals surface area contributed by atoms with Crippen LogP contribution in [-0.2, 0) is 13.1 Å². The van der Waals surface area contributed by atoms with Gasteiger partial charge in [-0.3, -0.25) is 4.68 Å². The van der Waals surface area contributed by atoms with E-state index in [0.29, 0.717) is 19.5 Å². The number of anilines is 3. The lowest BCUT2D eigenvalue weighted by Gasteiger charge is -2.42. The number of alkyl halides is 2. The van der Waals surface area contributed by atoms with Gasteiger partial charge in [0.25, 0.3) is 0 Å². The van der Waals surface area contributed by atoms with Crippen LogP contribution in [0.25, 0.3) is 0 Å². The number of likely N-dealkylation sites (N-methyl/N-ethyl adjacent to an activating group) is 1. The van der Waals surface area contributed by atoms with E-state index in [9.17, 15) is 13.9 Å². The van der Waals surface area contributed by atoms with E-state index < -0.39 is 12.2 Å². The molecule has 1 aliphatic heterocycles. The zero-order valence-electron chi connectivity index (χ0n) is 19.3. The van der Waals surface area contributed by atoms with Crippen LogP contribution in [0.3, 0.4) is 0 Å². The number of aryl methyl sites for hydroxylation is 1. The summed E-state index contributed by atoms with van der Waals surface area (Å²) >= 11 is 0. The number of aliphatic hydroxyl groups excluding tert-OH is 1. The van der Waals surface area contributed by atoms with Crippen molar-refractivity contribution in [1.29, 1.82) is 0 Å². The first kappa shape index (κ1) is 22.8. The van der Waals surface area contributed by atoms with Crippen LogP contribution < -0.4 is 15.5 Å². The standard InChI is InChI=1S/C23H34F2N6O/c1-14(2)21-22(32)29-20-15(3)28-19(8-18(20)30(21)4)26-10-17-11-27-31(13-17)12-16-6-5-7-23(24,25)9-16/h8,11,13-14,16,21-22,29,32H,5-7,9-10,12H2,1-4H3,(H,26,28). The number of nitrogens with zero attached hydrogens (tertiary/aromatic N) is 4. The lowest BCUT2D eigenvalue weighted by molar-refractivity contribution is -0.0551. The van der Waals surface area contributed by atoms with Crippen LogP contribution in [0.5, 0.6) is 0 Å². The molecule has 0 aromatic carbocycles. The van der Waals surface area contributed by atoms with Gasteiger partial charge < -0.3 is 20.6 Å². The van der Waals surface area contributed by atoms with Gasteiger partial charge in [0.05, 0.1) is 29.3 Å². The molecular formula is C23H34F2N6O. The van der Waals surface area contributed by atoms with Crippen LogP contribution in [0.15, 0.2) is 18.5 Å². The maximum absolute atomic E-state index is 13.7. The molecule has 2 aliphatic rings. The highest BCUT2D eigenvalue weighted by Gasteiger charge is 2.36. The normalized spacial score (nSPS) is 24.9. The molecule has 3 unspecified atom stereocenters. The van der Waals surface area contributed by atoms with E-state index in [0.717, 1.165) is 34.9 Å². The highest BCUT2D eigenvalue weighted by Crippen LogP contribution is 2.38. The summed E-state index contributed by atoms with van der Waals surface area (Å²) < 4.78 is 29.1. The Hall–Kier alpha value is -2.42. The Bertz CT molecular complexity index is 947. The molecule has 7 nitrogen and oxygen atoms in total. The van der Waals surface area contributed by atoms with Gasteiger partial charge in [0.2, 0.25) is 5.92 Å². The van der Waals surface area contributed by atoms with Gasteiger partial charge in [0, 0.05) is 50.8 Å². The number of halogens is 2. The topological polar surface area (TPSA) is 78.2 Å². The van der Waals surface area contributed by atoms with Crippen LogP contribution >= 0.6 is 0 Å². The minimum Gasteiger partial charge on any atom is -0.372 e. The highest BCUT2D eigenvalue weighted by molar-refractivity contribution is 5.77. The van der Waals surface area contributed by atoms with E-state index in [-0.39, 0.29) is 30.7 Å². The summed E-state index contributed by atoms with van der Waals surface area (Å²) in [4.78, 5) is 6.74. The fourth-order valence-electron chi connectivity index (χ4n) is 5.11. The lowest BCUT2D eigenvalue weighted by Crippen LogP contribution is -2.52. The Kier molecular flexibility index (Phi) is 6.29. The zero-order valence-corrected chi connectivity index (χ0v) is 19.3. The summed E-state index contributed by atoms with van der Waals surface area (Å²) in [5.41, 5.74) is 3.64. The van der Waals surface area contributed by atoms with Crippen LogP contribution in [0, 0.1) is 18.8 Å². The second-order valence-corrected chi connectivity index (χ2v) is 9.66. The Morgan fingerprint density at radius 3 is 2.88 bits per heavy atom. The van der Waals surface area contributed by atoms with Crippen LogP contribution in [-0.4, -0.2) is 45.1 Å². The molecule has 0 saturated heterocycles. The van der Waals surface area contributed by atoms with Crippen LogP contribution in [0.1, 0.15) is 50.8 Å². The van der Waals surface area contributed by atoms with Crippen molar-refractivity contribution in [2.75, 3.05) is 22.6 Å². The number of rotatable bonds is 6. The molecule has 1 fully saturated rings. The molecule has 2 aromatic heterocycles. The molecule has 0 radical (unpaired) electrons. The number of hydrogen-bond donors (Lipinski definition) is 3. The Morgan fingerprint density at radius 2 is 2.16 bits per heavy atom. The van der Waals surface area contributed by atoms with E-state index >= 15 is 0 Å². The highest BCUT2D eigenvalue weighted by atomic mass is 19.3. The lowest BCUT2D eigenvalue weighted by atomic mass is 9.86.